The molecule has 0 bridgehead atoms. The molecule has 20 heavy (non-hydrogen) atoms. The fourth-order valence-electron chi connectivity index (χ4n) is 1.76. The second-order valence-electron chi connectivity index (χ2n) is 3.96. The number of hydrogen-bond acceptors (Lipinski definition) is 6. The van der Waals surface area contributed by atoms with Crippen LogP contribution in [0.4, 0.5) is 17.5 Å². The summed E-state index contributed by atoms with van der Waals surface area (Å²) in [5, 5.41) is 12.4. The molecule has 0 radical (unpaired) electrons. The Morgan fingerprint density at radius 1 is 1.35 bits per heavy atom. The maximum absolute atomic E-state index is 8.92. The van der Waals surface area contributed by atoms with Crippen LogP contribution in [0.1, 0.15) is 5.56 Å². The summed E-state index contributed by atoms with van der Waals surface area (Å²) in [6.45, 7) is 0. The number of halogens is 1. The fourth-order valence-corrected chi connectivity index (χ4v) is 1.92. The molecule has 98 valence electrons. The number of rotatable bonds is 2. The van der Waals surface area contributed by atoms with E-state index in [-0.39, 0.29) is 5.95 Å². The van der Waals surface area contributed by atoms with Gasteiger partial charge in [-0.25, -0.2) is 4.98 Å². The van der Waals surface area contributed by atoms with Crippen LogP contribution < -0.4 is 11.1 Å². The Bertz CT molecular complexity index is 833. The summed E-state index contributed by atoms with van der Waals surface area (Å²) in [6.07, 6.45) is 1.50. The van der Waals surface area contributed by atoms with Crippen LogP contribution in [0.3, 0.4) is 0 Å². The Kier molecular flexibility index (Phi) is 2.85. The van der Waals surface area contributed by atoms with Crippen molar-refractivity contribution in [2.24, 2.45) is 0 Å². The molecule has 8 heteroatoms. The number of benzene rings is 1. The van der Waals surface area contributed by atoms with Crippen molar-refractivity contribution >= 4 is 40.2 Å². The molecule has 0 saturated carbocycles. The molecule has 0 aliphatic rings. The smallest absolute Gasteiger partial charge is 0.224 e. The third kappa shape index (κ3) is 2.08. The van der Waals surface area contributed by atoms with Crippen LogP contribution in [-0.2, 0) is 0 Å². The van der Waals surface area contributed by atoms with E-state index < -0.39 is 0 Å². The van der Waals surface area contributed by atoms with Crippen LogP contribution in [0.5, 0.6) is 0 Å². The third-order valence-corrected chi connectivity index (χ3v) is 2.98. The molecule has 2 heterocycles. The Balaban J connectivity index is 2.09. The van der Waals surface area contributed by atoms with E-state index in [0.717, 1.165) is 0 Å². The van der Waals surface area contributed by atoms with Crippen molar-refractivity contribution in [3.05, 3.63) is 35.1 Å². The molecule has 2 aromatic heterocycles. The number of nitrogen functional groups attached to an aromatic ring is 1. The molecule has 0 aliphatic heterocycles. The van der Waals surface area contributed by atoms with E-state index >= 15 is 0 Å². The van der Waals surface area contributed by atoms with E-state index in [4.69, 9.17) is 22.6 Å². The summed E-state index contributed by atoms with van der Waals surface area (Å²) in [5.41, 5.74) is 7.73. The number of nitriles is 1. The SMILES string of the molecule is N#Cc1ccc(Cl)c(Nc2nc(N)nc3nc[nH]c23)c1. The highest BCUT2D eigenvalue weighted by atomic mass is 35.5. The monoisotopic (exact) mass is 285 g/mol. The number of imidazole rings is 1. The minimum absolute atomic E-state index is 0.0969. The van der Waals surface area contributed by atoms with Gasteiger partial charge in [-0.05, 0) is 18.2 Å². The van der Waals surface area contributed by atoms with Crippen molar-refractivity contribution in [3.8, 4) is 6.07 Å². The third-order valence-electron chi connectivity index (χ3n) is 2.65. The highest BCUT2D eigenvalue weighted by Gasteiger charge is 2.10. The normalized spacial score (nSPS) is 10.4. The second kappa shape index (κ2) is 4.68. The number of nitrogens with two attached hydrogens (primary N) is 1. The standard InChI is InChI=1S/C12H8ClN7/c13-7-2-1-6(4-14)3-8(7)18-11-9-10(17-5-16-9)19-12(15)20-11/h1-3,5H,(H4,15,16,17,18,19,20). The second-order valence-corrected chi connectivity index (χ2v) is 4.37. The van der Waals surface area contributed by atoms with Crippen molar-refractivity contribution in [1.29, 1.82) is 5.26 Å². The first-order valence-electron chi connectivity index (χ1n) is 5.60. The highest BCUT2D eigenvalue weighted by Crippen LogP contribution is 2.28. The van der Waals surface area contributed by atoms with Gasteiger partial charge in [0.2, 0.25) is 5.95 Å². The van der Waals surface area contributed by atoms with E-state index in [9.17, 15) is 0 Å². The largest absolute Gasteiger partial charge is 0.368 e. The van der Waals surface area contributed by atoms with Gasteiger partial charge >= 0.3 is 0 Å². The lowest BCUT2D eigenvalue weighted by atomic mass is 10.2. The van der Waals surface area contributed by atoms with Crippen molar-refractivity contribution < 1.29 is 0 Å². The van der Waals surface area contributed by atoms with Gasteiger partial charge in [0, 0.05) is 0 Å². The number of H-pyrrole nitrogens is 1. The lowest BCUT2D eigenvalue weighted by molar-refractivity contribution is 1.21. The van der Waals surface area contributed by atoms with Crippen LogP contribution in [0.2, 0.25) is 5.02 Å². The minimum atomic E-state index is 0.0969. The van der Waals surface area contributed by atoms with Crippen molar-refractivity contribution in [2.75, 3.05) is 11.1 Å². The minimum Gasteiger partial charge on any atom is -0.368 e. The summed E-state index contributed by atoms with van der Waals surface area (Å²) in [7, 11) is 0. The van der Waals surface area contributed by atoms with Crippen LogP contribution >= 0.6 is 11.6 Å². The van der Waals surface area contributed by atoms with Crippen molar-refractivity contribution in [3.63, 3.8) is 0 Å². The molecule has 0 spiro atoms. The first-order valence-corrected chi connectivity index (χ1v) is 5.98. The van der Waals surface area contributed by atoms with Gasteiger partial charge in [0.05, 0.1) is 28.7 Å². The topological polar surface area (TPSA) is 116 Å². The zero-order valence-electron chi connectivity index (χ0n) is 10.1. The Hall–Kier alpha value is -2.85. The zero-order chi connectivity index (χ0) is 14.1. The fraction of sp³-hybridized carbons (Fsp3) is 0. The van der Waals surface area contributed by atoms with Crippen LogP contribution in [0, 0.1) is 11.3 Å². The Morgan fingerprint density at radius 3 is 3.00 bits per heavy atom. The van der Waals surface area contributed by atoms with Crippen LogP contribution in [0.15, 0.2) is 24.5 Å². The van der Waals surface area contributed by atoms with Gasteiger partial charge in [-0.15, -0.1) is 0 Å². The van der Waals surface area contributed by atoms with Gasteiger partial charge in [-0.2, -0.15) is 15.2 Å². The molecular formula is C12H8ClN7. The summed E-state index contributed by atoms with van der Waals surface area (Å²) in [6, 6.07) is 6.94. The average Bonchev–Trinajstić information content (AvgIpc) is 2.89. The lowest BCUT2D eigenvalue weighted by Gasteiger charge is -2.09. The number of nitrogens with one attached hydrogen (secondary N) is 2. The first kappa shape index (κ1) is 12.2. The van der Waals surface area contributed by atoms with Gasteiger partial charge in [-0.1, -0.05) is 11.6 Å². The molecule has 0 atom stereocenters. The van der Waals surface area contributed by atoms with Gasteiger partial charge in [0.1, 0.15) is 5.52 Å². The number of aromatic nitrogens is 4. The van der Waals surface area contributed by atoms with E-state index in [1.54, 1.807) is 18.2 Å². The van der Waals surface area contributed by atoms with E-state index in [1.807, 2.05) is 6.07 Å². The summed E-state index contributed by atoms with van der Waals surface area (Å²) in [5.74, 6) is 0.543. The molecule has 0 saturated heterocycles. The molecule has 7 nitrogen and oxygen atoms in total. The molecule has 4 N–H and O–H groups in total. The Labute approximate surface area is 118 Å². The molecule has 0 fully saturated rings. The van der Waals surface area contributed by atoms with E-state index in [1.165, 1.54) is 6.33 Å². The first-order chi connectivity index (χ1) is 9.67. The van der Waals surface area contributed by atoms with Crippen LogP contribution in [-0.4, -0.2) is 19.9 Å². The number of nitrogens with zero attached hydrogens (tertiary/aromatic N) is 4. The molecular weight excluding hydrogens is 278 g/mol. The summed E-state index contributed by atoms with van der Waals surface area (Å²) in [4.78, 5) is 15.0. The number of fused-ring (bicyclic) bond motifs is 1. The van der Waals surface area contributed by atoms with Gasteiger partial charge in [-0.3, -0.25) is 0 Å². The van der Waals surface area contributed by atoms with E-state index in [0.29, 0.717) is 33.3 Å². The maximum Gasteiger partial charge on any atom is 0.224 e. The van der Waals surface area contributed by atoms with Gasteiger partial charge < -0.3 is 16.0 Å². The van der Waals surface area contributed by atoms with Crippen LogP contribution in [0.25, 0.3) is 11.2 Å². The summed E-state index contributed by atoms with van der Waals surface area (Å²) >= 11 is 6.10. The lowest BCUT2D eigenvalue weighted by Crippen LogP contribution is -2.01. The molecule has 3 aromatic rings. The van der Waals surface area contributed by atoms with Gasteiger partial charge in [0.25, 0.3) is 0 Å². The number of aromatic amines is 1. The predicted octanol–water partition coefficient (Wildman–Crippen LogP) is 2.20. The highest BCUT2D eigenvalue weighted by molar-refractivity contribution is 6.33. The van der Waals surface area contributed by atoms with Crippen molar-refractivity contribution in [1.82, 2.24) is 19.9 Å². The number of anilines is 3. The maximum atomic E-state index is 8.92. The molecule has 0 aliphatic carbocycles. The van der Waals surface area contributed by atoms with E-state index in [2.05, 4.69) is 25.3 Å². The average molecular weight is 286 g/mol. The Morgan fingerprint density at radius 2 is 2.20 bits per heavy atom. The zero-order valence-corrected chi connectivity index (χ0v) is 10.8. The molecule has 0 unspecified atom stereocenters. The predicted molar refractivity (Wildman–Crippen MR) is 75.5 cm³/mol. The number of hydrogen-bond donors (Lipinski definition) is 3. The molecule has 3 rings (SSSR count). The quantitative estimate of drug-likeness (QED) is 0.664. The molecule has 1 aromatic carbocycles. The summed E-state index contributed by atoms with van der Waals surface area (Å²) < 4.78 is 0. The van der Waals surface area contributed by atoms with Crippen molar-refractivity contribution in [2.45, 2.75) is 0 Å². The molecule has 0 amide bonds. The van der Waals surface area contributed by atoms with Gasteiger partial charge in [0.15, 0.2) is 11.5 Å².